The van der Waals surface area contributed by atoms with Gasteiger partial charge in [0.25, 0.3) is 5.91 Å². The molecular weight excluding hydrogens is 374 g/mol. The molecule has 150 valence electrons. The van der Waals surface area contributed by atoms with E-state index in [1.807, 2.05) is 103 Å². The van der Waals surface area contributed by atoms with Gasteiger partial charge < -0.3 is 10.1 Å². The first-order valence-corrected chi connectivity index (χ1v) is 9.84. The molecule has 0 fully saturated rings. The van der Waals surface area contributed by atoms with Gasteiger partial charge in [-0.3, -0.25) is 4.79 Å². The number of benzene rings is 3. The number of anilines is 1. The summed E-state index contributed by atoms with van der Waals surface area (Å²) in [6, 6.07) is 29.0. The van der Waals surface area contributed by atoms with Crippen LogP contribution >= 0.6 is 0 Å². The molecule has 1 N–H and O–H groups in total. The number of carbonyl (C=O) groups is 1. The Morgan fingerprint density at radius 2 is 1.57 bits per heavy atom. The van der Waals surface area contributed by atoms with Gasteiger partial charge in [0.05, 0.1) is 12.2 Å². The molecule has 0 atom stereocenters. The van der Waals surface area contributed by atoms with Crippen molar-refractivity contribution in [2.24, 2.45) is 0 Å². The summed E-state index contributed by atoms with van der Waals surface area (Å²) in [5.74, 6) is 1.33. The first-order valence-electron chi connectivity index (χ1n) is 9.84. The zero-order chi connectivity index (χ0) is 20.8. The lowest BCUT2D eigenvalue weighted by Crippen LogP contribution is -2.16. The van der Waals surface area contributed by atoms with E-state index in [1.165, 1.54) is 0 Å². The van der Waals surface area contributed by atoms with E-state index in [1.54, 1.807) is 0 Å². The van der Waals surface area contributed by atoms with E-state index >= 15 is 0 Å². The third kappa shape index (κ3) is 4.94. The van der Waals surface area contributed by atoms with E-state index < -0.39 is 0 Å². The molecule has 0 unspecified atom stereocenters. The topological polar surface area (TPSA) is 56.1 Å². The van der Waals surface area contributed by atoms with E-state index in [2.05, 4.69) is 10.4 Å². The summed E-state index contributed by atoms with van der Waals surface area (Å²) in [6.07, 6.45) is 0. The van der Waals surface area contributed by atoms with Gasteiger partial charge in [-0.15, -0.1) is 0 Å². The van der Waals surface area contributed by atoms with Crippen molar-refractivity contribution in [1.82, 2.24) is 9.78 Å². The Labute approximate surface area is 175 Å². The minimum atomic E-state index is -0.167. The summed E-state index contributed by atoms with van der Waals surface area (Å²) in [6.45, 7) is 2.97. The number of hydrogen-bond acceptors (Lipinski definition) is 3. The molecule has 1 amide bonds. The Bertz CT molecular complexity index is 1100. The van der Waals surface area contributed by atoms with E-state index in [9.17, 15) is 4.79 Å². The summed E-state index contributed by atoms with van der Waals surface area (Å²) < 4.78 is 7.56. The molecule has 5 heteroatoms. The quantitative estimate of drug-likeness (QED) is 0.474. The average molecular weight is 397 g/mol. The number of rotatable bonds is 7. The molecule has 4 aromatic rings. The number of aromatic nitrogens is 2. The molecule has 0 saturated carbocycles. The Kier molecular flexibility index (Phi) is 5.90. The number of aryl methyl sites for hydroxylation is 1. The average Bonchev–Trinajstić information content (AvgIpc) is 3.12. The summed E-state index contributed by atoms with van der Waals surface area (Å²) in [7, 11) is 0. The van der Waals surface area contributed by atoms with Crippen molar-refractivity contribution in [1.29, 1.82) is 0 Å². The molecule has 5 nitrogen and oxygen atoms in total. The minimum Gasteiger partial charge on any atom is -0.489 e. The number of nitrogens with one attached hydrogen (secondary N) is 1. The highest BCUT2D eigenvalue weighted by molar-refractivity contribution is 6.03. The van der Waals surface area contributed by atoms with Crippen molar-refractivity contribution >= 4 is 11.7 Å². The van der Waals surface area contributed by atoms with Gasteiger partial charge in [-0.2, -0.15) is 5.10 Å². The predicted octanol–water partition coefficient (Wildman–Crippen LogP) is 5.07. The SMILES string of the molecule is Cc1cc(NC(=O)c2ccc(COc3ccccc3)cc2)n(Cc2ccccc2)n1. The Hall–Kier alpha value is -3.86. The van der Waals surface area contributed by atoms with Crippen LogP contribution in [0.4, 0.5) is 5.82 Å². The molecule has 3 aromatic carbocycles. The molecule has 0 aliphatic heterocycles. The van der Waals surface area contributed by atoms with Gasteiger partial charge >= 0.3 is 0 Å². The Morgan fingerprint density at radius 3 is 2.27 bits per heavy atom. The molecule has 0 bridgehead atoms. The van der Waals surface area contributed by atoms with Crippen LogP contribution in [-0.4, -0.2) is 15.7 Å². The van der Waals surface area contributed by atoms with Crippen LogP contribution in [0.2, 0.25) is 0 Å². The van der Waals surface area contributed by atoms with Gasteiger partial charge in [-0.1, -0.05) is 60.7 Å². The fourth-order valence-corrected chi connectivity index (χ4v) is 3.15. The number of nitrogens with zero attached hydrogens (tertiary/aromatic N) is 2. The second kappa shape index (κ2) is 9.09. The van der Waals surface area contributed by atoms with Crippen molar-refractivity contribution in [3.05, 3.63) is 113 Å². The number of hydrogen-bond donors (Lipinski definition) is 1. The molecule has 0 saturated heterocycles. The van der Waals surface area contributed by atoms with Crippen LogP contribution in [0.1, 0.15) is 27.2 Å². The largest absolute Gasteiger partial charge is 0.489 e. The molecule has 0 aliphatic carbocycles. The summed E-state index contributed by atoms with van der Waals surface area (Å²) in [5, 5.41) is 7.48. The van der Waals surface area contributed by atoms with Crippen LogP contribution < -0.4 is 10.1 Å². The molecule has 0 spiro atoms. The molecule has 30 heavy (non-hydrogen) atoms. The van der Waals surface area contributed by atoms with Crippen molar-refractivity contribution in [3.8, 4) is 5.75 Å². The van der Waals surface area contributed by atoms with Gasteiger partial charge in [-0.05, 0) is 42.3 Å². The van der Waals surface area contributed by atoms with Crippen molar-refractivity contribution in [2.75, 3.05) is 5.32 Å². The molecule has 0 aliphatic rings. The van der Waals surface area contributed by atoms with Crippen LogP contribution in [0, 0.1) is 6.92 Å². The van der Waals surface area contributed by atoms with E-state index in [-0.39, 0.29) is 5.91 Å². The fourth-order valence-electron chi connectivity index (χ4n) is 3.15. The number of carbonyl (C=O) groups excluding carboxylic acids is 1. The number of ether oxygens (including phenoxy) is 1. The van der Waals surface area contributed by atoms with Gasteiger partial charge in [0.1, 0.15) is 18.2 Å². The highest BCUT2D eigenvalue weighted by Gasteiger charge is 2.12. The smallest absolute Gasteiger partial charge is 0.256 e. The molecular formula is C25H23N3O2. The van der Waals surface area contributed by atoms with Crippen molar-refractivity contribution in [3.63, 3.8) is 0 Å². The number of para-hydroxylation sites is 1. The van der Waals surface area contributed by atoms with Gasteiger partial charge in [-0.25, -0.2) is 4.68 Å². The minimum absolute atomic E-state index is 0.167. The standard InChI is InChI=1S/C25H23N3O2/c1-19-16-24(28(27-19)17-20-8-4-2-5-9-20)26-25(29)22-14-12-21(13-15-22)18-30-23-10-6-3-7-11-23/h2-16H,17-18H2,1H3,(H,26,29). The van der Waals surface area contributed by atoms with E-state index in [0.29, 0.717) is 24.5 Å². The van der Waals surface area contributed by atoms with E-state index in [0.717, 1.165) is 22.6 Å². The third-order valence-electron chi connectivity index (χ3n) is 4.68. The van der Waals surface area contributed by atoms with Crippen LogP contribution in [0.3, 0.4) is 0 Å². The Morgan fingerprint density at radius 1 is 0.900 bits per heavy atom. The highest BCUT2D eigenvalue weighted by atomic mass is 16.5. The van der Waals surface area contributed by atoms with Gasteiger partial charge in [0.15, 0.2) is 0 Å². The lowest BCUT2D eigenvalue weighted by atomic mass is 10.1. The van der Waals surface area contributed by atoms with Crippen molar-refractivity contribution < 1.29 is 9.53 Å². The predicted molar refractivity (Wildman–Crippen MR) is 118 cm³/mol. The fraction of sp³-hybridized carbons (Fsp3) is 0.120. The first-order chi connectivity index (χ1) is 14.7. The zero-order valence-electron chi connectivity index (χ0n) is 16.8. The molecule has 1 heterocycles. The normalized spacial score (nSPS) is 10.6. The molecule has 0 radical (unpaired) electrons. The molecule has 1 aromatic heterocycles. The van der Waals surface area contributed by atoms with Crippen LogP contribution in [-0.2, 0) is 13.2 Å². The van der Waals surface area contributed by atoms with Crippen LogP contribution in [0.15, 0.2) is 91.0 Å². The second-order valence-electron chi connectivity index (χ2n) is 7.07. The maximum atomic E-state index is 12.7. The summed E-state index contributed by atoms with van der Waals surface area (Å²) in [5.41, 5.74) is 3.57. The third-order valence-corrected chi connectivity index (χ3v) is 4.68. The maximum absolute atomic E-state index is 12.7. The van der Waals surface area contributed by atoms with Gasteiger partial charge in [0, 0.05) is 11.6 Å². The van der Waals surface area contributed by atoms with Crippen molar-refractivity contribution in [2.45, 2.75) is 20.1 Å². The van der Waals surface area contributed by atoms with Crippen LogP contribution in [0.5, 0.6) is 5.75 Å². The summed E-state index contributed by atoms with van der Waals surface area (Å²) >= 11 is 0. The maximum Gasteiger partial charge on any atom is 0.256 e. The molecule has 4 rings (SSSR count). The monoisotopic (exact) mass is 397 g/mol. The first kappa shape index (κ1) is 19.5. The highest BCUT2D eigenvalue weighted by Crippen LogP contribution is 2.16. The lowest BCUT2D eigenvalue weighted by Gasteiger charge is -2.10. The lowest BCUT2D eigenvalue weighted by molar-refractivity contribution is 0.102. The van der Waals surface area contributed by atoms with Gasteiger partial charge in [0.2, 0.25) is 0 Å². The number of amides is 1. The summed E-state index contributed by atoms with van der Waals surface area (Å²) in [4.78, 5) is 12.7. The van der Waals surface area contributed by atoms with Crippen LogP contribution in [0.25, 0.3) is 0 Å². The van der Waals surface area contributed by atoms with E-state index in [4.69, 9.17) is 4.74 Å². The second-order valence-corrected chi connectivity index (χ2v) is 7.07. The zero-order valence-corrected chi connectivity index (χ0v) is 16.8. The Balaban J connectivity index is 1.40.